The lowest BCUT2D eigenvalue weighted by atomic mass is 10.1. The van der Waals surface area contributed by atoms with Crippen molar-refractivity contribution in [2.75, 3.05) is 11.9 Å². The highest BCUT2D eigenvalue weighted by Crippen LogP contribution is 2.24. The monoisotopic (exact) mass is 342 g/mol. The van der Waals surface area contributed by atoms with E-state index in [0.29, 0.717) is 22.3 Å². The molecule has 0 saturated heterocycles. The lowest BCUT2D eigenvalue weighted by Gasteiger charge is -2.11. The second-order valence-corrected chi connectivity index (χ2v) is 5.19. The molecule has 0 fully saturated rings. The third-order valence-corrected chi connectivity index (χ3v) is 3.38. The Hall–Kier alpha value is -1.40. The molecule has 0 radical (unpaired) electrons. The van der Waals surface area contributed by atoms with Gasteiger partial charge >= 0.3 is 5.97 Å². The zero-order valence-corrected chi connectivity index (χ0v) is 13.2. The second kappa shape index (κ2) is 8.01. The minimum absolute atomic E-state index is 0.146. The van der Waals surface area contributed by atoms with Gasteiger partial charge in [-0.15, -0.1) is 0 Å². The highest BCUT2D eigenvalue weighted by molar-refractivity contribution is 9.10. The number of amides is 1. The normalized spacial score (nSPS) is 11.8. The minimum atomic E-state index is -0.390. The number of benzene rings is 1. The van der Waals surface area contributed by atoms with Crippen LogP contribution in [0.5, 0.6) is 0 Å². The number of hydrogen-bond acceptors (Lipinski definition) is 4. The lowest BCUT2D eigenvalue weighted by molar-refractivity contribution is -0.116. The van der Waals surface area contributed by atoms with Gasteiger partial charge in [0.15, 0.2) is 0 Å². The van der Waals surface area contributed by atoms with Gasteiger partial charge < -0.3 is 15.8 Å². The molecule has 6 heteroatoms. The molecule has 0 aliphatic heterocycles. The van der Waals surface area contributed by atoms with Gasteiger partial charge in [0, 0.05) is 16.9 Å². The molecule has 1 aromatic rings. The predicted octanol–water partition coefficient (Wildman–Crippen LogP) is 2.69. The van der Waals surface area contributed by atoms with Crippen LogP contribution in [0.25, 0.3) is 0 Å². The number of carbonyl (C=O) groups excluding carboxylic acids is 2. The van der Waals surface area contributed by atoms with Crippen molar-refractivity contribution < 1.29 is 14.3 Å². The number of esters is 1. The number of ether oxygens (including phenoxy) is 1. The van der Waals surface area contributed by atoms with Gasteiger partial charge in [-0.3, -0.25) is 4.79 Å². The van der Waals surface area contributed by atoms with Crippen LogP contribution in [0.3, 0.4) is 0 Å². The summed E-state index contributed by atoms with van der Waals surface area (Å²) in [6, 6.07) is 4.74. The number of nitrogens with two attached hydrogens (primary N) is 1. The van der Waals surface area contributed by atoms with Gasteiger partial charge in [0.25, 0.3) is 0 Å². The van der Waals surface area contributed by atoms with Gasteiger partial charge in [0.2, 0.25) is 5.91 Å². The molecule has 0 aliphatic carbocycles. The van der Waals surface area contributed by atoms with Crippen LogP contribution in [-0.4, -0.2) is 24.5 Å². The van der Waals surface area contributed by atoms with Crippen molar-refractivity contribution in [1.82, 2.24) is 0 Å². The average Bonchev–Trinajstić information content (AvgIpc) is 2.41. The van der Waals surface area contributed by atoms with E-state index in [0.717, 1.165) is 6.42 Å². The maximum Gasteiger partial charge on any atom is 0.338 e. The van der Waals surface area contributed by atoms with Crippen LogP contribution in [-0.2, 0) is 9.53 Å². The van der Waals surface area contributed by atoms with E-state index < -0.39 is 0 Å². The van der Waals surface area contributed by atoms with Crippen molar-refractivity contribution in [2.24, 2.45) is 5.73 Å². The second-order valence-electron chi connectivity index (χ2n) is 4.34. The van der Waals surface area contributed by atoms with E-state index in [1.54, 1.807) is 25.1 Å². The summed E-state index contributed by atoms with van der Waals surface area (Å²) in [5.41, 5.74) is 6.76. The Labute approximate surface area is 127 Å². The molecule has 110 valence electrons. The minimum Gasteiger partial charge on any atom is -0.462 e. The fourth-order valence-electron chi connectivity index (χ4n) is 1.54. The molecule has 1 aromatic carbocycles. The summed E-state index contributed by atoms with van der Waals surface area (Å²) in [5.74, 6) is -0.539. The van der Waals surface area contributed by atoms with Crippen molar-refractivity contribution in [3.63, 3.8) is 0 Å². The third kappa shape index (κ3) is 4.94. The van der Waals surface area contributed by atoms with Gasteiger partial charge in [-0.25, -0.2) is 4.79 Å². The predicted molar refractivity (Wildman–Crippen MR) is 81.6 cm³/mol. The number of carbonyl (C=O) groups is 2. The Kier molecular flexibility index (Phi) is 6.67. The first-order valence-corrected chi connectivity index (χ1v) is 7.29. The summed E-state index contributed by atoms with van der Waals surface area (Å²) in [4.78, 5) is 23.3. The molecule has 0 heterocycles. The summed E-state index contributed by atoms with van der Waals surface area (Å²) in [6.07, 6.45) is 1.01. The van der Waals surface area contributed by atoms with Crippen molar-refractivity contribution in [1.29, 1.82) is 0 Å². The van der Waals surface area contributed by atoms with Crippen LogP contribution < -0.4 is 11.1 Å². The molecule has 3 N–H and O–H groups in total. The van der Waals surface area contributed by atoms with Crippen LogP contribution in [0.1, 0.15) is 37.0 Å². The van der Waals surface area contributed by atoms with Crippen molar-refractivity contribution in [3.8, 4) is 0 Å². The molecular formula is C14H19BrN2O3. The fraction of sp³-hybridized carbons (Fsp3) is 0.429. The van der Waals surface area contributed by atoms with Gasteiger partial charge in [0.05, 0.1) is 17.9 Å². The van der Waals surface area contributed by atoms with Crippen molar-refractivity contribution in [3.05, 3.63) is 28.2 Å². The standard InChI is InChI=1S/C14H19BrN2O3/c1-3-10(16)8-13(18)17-12-6-5-9(7-11(12)15)14(19)20-4-2/h5-7,10H,3-4,8,16H2,1-2H3,(H,17,18). The Morgan fingerprint density at radius 1 is 1.40 bits per heavy atom. The molecule has 1 rings (SSSR count). The number of halogens is 1. The molecule has 0 bridgehead atoms. The summed E-state index contributed by atoms with van der Waals surface area (Å²) in [6.45, 7) is 4.00. The lowest BCUT2D eigenvalue weighted by Crippen LogP contribution is -2.26. The van der Waals surface area contributed by atoms with Gasteiger partial charge in [-0.2, -0.15) is 0 Å². The Morgan fingerprint density at radius 2 is 2.10 bits per heavy atom. The molecule has 1 amide bonds. The molecule has 20 heavy (non-hydrogen) atoms. The first-order chi connectivity index (χ1) is 9.47. The van der Waals surface area contributed by atoms with Crippen molar-refractivity contribution >= 4 is 33.5 Å². The topological polar surface area (TPSA) is 81.4 Å². The maximum atomic E-state index is 11.8. The quantitative estimate of drug-likeness (QED) is 0.778. The zero-order chi connectivity index (χ0) is 15.1. The third-order valence-electron chi connectivity index (χ3n) is 2.73. The molecule has 5 nitrogen and oxygen atoms in total. The van der Waals surface area contributed by atoms with E-state index >= 15 is 0 Å². The molecule has 0 aromatic heterocycles. The maximum absolute atomic E-state index is 11.8. The van der Waals surface area contributed by atoms with Gasteiger partial charge in [-0.1, -0.05) is 6.92 Å². The van der Waals surface area contributed by atoms with E-state index in [-0.39, 0.29) is 24.3 Å². The Balaban J connectivity index is 2.73. The van der Waals surface area contributed by atoms with Crippen molar-refractivity contribution in [2.45, 2.75) is 32.7 Å². The van der Waals surface area contributed by atoms with E-state index in [4.69, 9.17) is 10.5 Å². The fourth-order valence-corrected chi connectivity index (χ4v) is 2.02. The number of hydrogen-bond donors (Lipinski definition) is 2. The van der Waals surface area contributed by atoms with Crippen LogP contribution in [0.4, 0.5) is 5.69 Å². The van der Waals surface area contributed by atoms with Crippen LogP contribution in [0.2, 0.25) is 0 Å². The number of anilines is 1. The first-order valence-electron chi connectivity index (χ1n) is 6.50. The molecular weight excluding hydrogens is 324 g/mol. The summed E-state index contributed by atoms with van der Waals surface area (Å²) >= 11 is 3.32. The average molecular weight is 343 g/mol. The highest BCUT2D eigenvalue weighted by Gasteiger charge is 2.12. The highest BCUT2D eigenvalue weighted by atomic mass is 79.9. The smallest absolute Gasteiger partial charge is 0.338 e. The van der Waals surface area contributed by atoms with E-state index in [1.165, 1.54) is 0 Å². The summed E-state index contributed by atoms with van der Waals surface area (Å²) in [7, 11) is 0. The number of nitrogens with one attached hydrogen (secondary N) is 1. The SMILES string of the molecule is CCOC(=O)c1ccc(NC(=O)CC(N)CC)c(Br)c1. The van der Waals surface area contributed by atoms with Crippen LogP contribution >= 0.6 is 15.9 Å². The molecule has 1 atom stereocenters. The largest absolute Gasteiger partial charge is 0.462 e. The van der Waals surface area contributed by atoms with Crippen LogP contribution in [0, 0.1) is 0 Å². The zero-order valence-electron chi connectivity index (χ0n) is 11.6. The Morgan fingerprint density at radius 3 is 2.65 bits per heavy atom. The van der Waals surface area contributed by atoms with Gasteiger partial charge in [-0.05, 0) is 47.5 Å². The summed E-state index contributed by atoms with van der Waals surface area (Å²) in [5, 5.41) is 2.76. The molecule has 1 unspecified atom stereocenters. The van der Waals surface area contributed by atoms with Gasteiger partial charge in [0.1, 0.15) is 0 Å². The van der Waals surface area contributed by atoms with Crippen LogP contribution in [0.15, 0.2) is 22.7 Å². The molecule has 0 saturated carbocycles. The van der Waals surface area contributed by atoms with E-state index in [2.05, 4.69) is 21.2 Å². The molecule has 0 aliphatic rings. The molecule has 0 spiro atoms. The first kappa shape index (κ1) is 16.7. The summed E-state index contributed by atoms with van der Waals surface area (Å²) < 4.78 is 5.53. The van der Waals surface area contributed by atoms with E-state index in [1.807, 2.05) is 6.92 Å². The Bertz CT molecular complexity index is 491. The van der Waals surface area contributed by atoms with E-state index in [9.17, 15) is 9.59 Å². The number of rotatable bonds is 6.